The average molecular weight is 510 g/mol. The van der Waals surface area contributed by atoms with Crippen LogP contribution >= 0.6 is 11.6 Å². The number of halogens is 2. The zero-order chi connectivity index (χ0) is 26.1. The van der Waals surface area contributed by atoms with Gasteiger partial charge in [-0.25, -0.2) is 9.37 Å². The summed E-state index contributed by atoms with van der Waals surface area (Å²) >= 11 is 5.93. The molecule has 4 amide bonds. The Bertz CT molecular complexity index is 1010. The fraction of sp³-hybridized carbons (Fsp3) is 0.478. The Kier molecular flexibility index (Phi) is 10.3. The molecule has 12 heteroatoms. The number of rotatable bonds is 9. The first-order valence-electron chi connectivity index (χ1n) is 11.2. The van der Waals surface area contributed by atoms with Crippen molar-refractivity contribution in [3.8, 4) is 0 Å². The van der Waals surface area contributed by atoms with Crippen LogP contribution in [0.25, 0.3) is 0 Å². The van der Waals surface area contributed by atoms with Gasteiger partial charge in [0, 0.05) is 31.6 Å². The van der Waals surface area contributed by atoms with Gasteiger partial charge in [-0.15, -0.1) is 0 Å². The largest absolute Gasteiger partial charge is 0.356 e. The van der Waals surface area contributed by atoms with Crippen LogP contribution in [0.15, 0.2) is 24.7 Å². The Morgan fingerprint density at radius 1 is 1.29 bits per heavy atom. The summed E-state index contributed by atoms with van der Waals surface area (Å²) in [6, 6.07) is 0.0498. The highest BCUT2D eigenvalue weighted by Crippen LogP contribution is 2.21. The number of anilines is 1. The van der Waals surface area contributed by atoms with Gasteiger partial charge in [0.1, 0.15) is 5.82 Å². The molecule has 0 aromatic carbocycles. The van der Waals surface area contributed by atoms with Gasteiger partial charge in [0.15, 0.2) is 0 Å². The van der Waals surface area contributed by atoms with Gasteiger partial charge in [0.05, 0.1) is 22.5 Å². The van der Waals surface area contributed by atoms with Crippen molar-refractivity contribution in [1.29, 1.82) is 0 Å². The highest BCUT2D eigenvalue weighted by atomic mass is 35.5. The minimum atomic E-state index is -1.21. The van der Waals surface area contributed by atoms with Crippen molar-refractivity contribution in [3.05, 3.63) is 35.3 Å². The van der Waals surface area contributed by atoms with E-state index in [0.29, 0.717) is 19.4 Å². The number of allylic oxidation sites excluding steroid dienone is 1. The number of carbonyl (C=O) groups excluding carboxylic acids is 5. The molecule has 10 nitrogen and oxygen atoms in total. The summed E-state index contributed by atoms with van der Waals surface area (Å²) in [4.78, 5) is 65.2. The van der Waals surface area contributed by atoms with Gasteiger partial charge < -0.3 is 21.3 Å². The highest BCUT2D eigenvalue weighted by molar-refractivity contribution is 6.38. The van der Waals surface area contributed by atoms with Crippen LogP contribution in [0, 0.1) is 5.92 Å². The molecule has 0 spiro atoms. The van der Waals surface area contributed by atoms with Gasteiger partial charge in [-0.1, -0.05) is 25.1 Å². The molecule has 4 N–H and O–H groups in total. The van der Waals surface area contributed by atoms with Crippen molar-refractivity contribution >= 4 is 46.8 Å². The lowest BCUT2D eigenvalue weighted by Gasteiger charge is -2.20. The number of pyridine rings is 1. The molecule has 35 heavy (non-hydrogen) atoms. The number of nitrogens with one attached hydrogen (secondary N) is 4. The summed E-state index contributed by atoms with van der Waals surface area (Å²) in [6.07, 6.45) is 3.79. The van der Waals surface area contributed by atoms with Crippen molar-refractivity contribution in [2.45, 2.75) is 58.0 Å². The van der Waals surface area contributed by atoms with E-state index in [-0.39, 0.29) is 40.6 Å². The third kappa shape index (κ3) is 9.08. The van der Waals surface area contributed by atoms with Crippen LogP contribution in [0.4, 0.5) is 10.2 Å². The summed E-state index contributed by atoms with van der Waals surface area (Å²) in [7, 11) is 0. The first-order chi connectivity index (χ1) is 16.5. The lowest BCUT2D eigenvalue weighted by atomic mass is 9.95. The second-order valence-corrected chi connectivity index (χ2v) is 8.69. The molecule has 1 aliphatic heterocycles. The molecular formula is C23H29ClFN5O5. The first kappa shape index (κ1) is 27.9. The van der Waals surface area contributed by atoms with Crippen molar-refractivity contribution in [1.82, 2.24) is 20.9 Å². The van der Waals surface area contributed by atoms with E-state index in [9.17, 15) is 28.4 Å². The van der Waals surface area contributed by atoms with E-state index < -0.39 is 35.5 Å². The van der Waals surface area contributed by atoms with E-state index in [2.05, 4.69) is 32.8 Å². The molecule has 2 fully saturated rings. The van der Waals surface area contributed by atoms with Crippen molar-refractivity contribution in [3.63, 3.8) is 0 Å². The molecule has 0 radical (unpaired) electrons. The first-order valence-corrected chi connectivity index (χ1v) is 11.6. The minimum absolute atomic E-state index is 0.0159. The van der Waals surface area contributed by atoms with Crippen LogP contribution in [-0.4, -0.2) is 53.0 Å². The summed E-state index contributed by atoms with van der Waals surface area (Å²) in [5.41, 5.74) is -0.0611. The second-order valence-electron chi connectivity index (χ2n) is 8.25. The molecule has 1 saturated heterocycles. The number of ketones is 1. The zero-order valence-corrected chi connectivity index (χ0v) is 20.3. The van der Waals surface area contributed by atoms with Crippen molar-refractivity contribution in [2.24, 2.45) is 5.92 Å². The third-order valence-corrected chi connectivity index (χ3v) is 5.42. The Labute approximate surface area is 207 Å². The van der Waals surface area contributed by atoms with Gasteiger partial charge in [-0.2, -0.15) is 0 Å². The number of carbonyl (C=O) groups is 5. The normalized spacial score (nSPS) is 17.3. The Morgan fingerprint density at radius 2 is 1.94 bits per heavy atom. The van der Waals surface area contributed by atoms with Crippen LogP contribution in [0.2, 0.25) is 5.02 Å². The Hall–Kier alpha value is -3.34. The molecule has 2 heterocycles. The van der Waals surface area contributed by atoms with Gasteiger partial charge in [-0.05, 0) is 38.2 Å². The number of aromatic nitrogens is 1. The van der Waals surface area contributed by atoms with E-state index in [0.717, 1.165) is 12.8 Å². The molecule has 0 bridgehead atoms. The molecule has 2 atom stereocenters. The number of nitrogens with zero attached hydrogens (tertiary/aromatic N) is 1. The quantitative estimate of drug-likeness (QED) is 0.375. The van der Waals surface area contributed by atoms with E-state index in [4.69, 9.17) is 11.6 Å². The Morgan fingerprint density at radius 3 is 2.46 bits per heavy atom. The van der Waals surface area contributed by atoms with Crippen LogP contribution in [0.3, 0.4) is 0 Å². The fourth-order valence-corrected chi connectivity index (χ4v) is 3.30. The Balaban J connectivity index is 0.000000784. The van der Waals surface area contributed by atoms with E-state index in [1.54, 1.807) is 6.92 Å². The zero-order valence-electron chi connectivity index (χ0n) is 19.6. The van der Waals surface area contributed by atoms with Crippen LogP contribution in [0.1, 0.15) is 56.3 Å². The number of Topliss-reactive ketones (excluding diaryl/α,β-unsaturated/α-hetero) is 1. The molecule has 1 aromatic rings. The summed E-state index contributed by atoms with van der Waals surface area (Å²) in [5.74, 6) is -3.82. The van der Waals surface area contributed by atoms with Gasteiger partial charge >= 0.3 is 0 Å². The van der Waals surface area contributed by atoms with E-state index in [1.807, 2.05) is 0 Å². The minimum Gasteiger partial charge on any atom is -0.356 e. The fourth-order valence-electron chi connectivity index (χ4n) is 3.14. The molecule has 2 unspecified atom stereocenters. The van der Waals surface area contributed by atoms with Crippen LogP contribution in [-0.2, 0) is 19.2 Å². The predicted octanol–water partition coefficient (Wildman–Crippen LogP) is 2.05. The van der Waals surface area contributed by atoms with E-state index in [1.165, 1.54) is 19.2 Å². The standard InChI is InChI=1S/C19H22ClN5O5.C4H7F/c1-9(26)23-16-13(7-11(20)8-22-16)18(29)25-14(6-10-4-5-21-17(10)28)15(27)19(30)24-12-2-3-12;1-3-4(2)5/h7-8,10,12,14H,2-6H2,1H3,(H,21,28)(H,24,30)(H,25,29)(H,22,23,26);2-3H2,1H3. The third-order valence-electron chi connectivity index (χ3n) is 5.22. The molecular weight excluding hydrogens is 481 g/mol. The van der Waals surface area contributed by atoms with Gasteiger partial charge in [-0.3, -0.25) is 24.0 Å². The maximum absolute atomic E-state index is 12.9. The number of hydrogen-bond acceptors (Lipinski definition) is 6. The van der Waals surface area contributed by atoms with E-state index >= 15 is 0 Å². The lowest BCUT2D eigenvalue weighted by molar-refractivity contribution is -0.139. The lowest BCUT2D eigenvalue weighted by Crippen LogP contribution is -2.49. The molecule has 2 aliphatic rings. The molecule has 3 rings (SSSR count). The molecule has 190 valence electrons. The van der Waals surface area contributed by atoms with Gasteiger partial charge in [0.25, 0.3) is 11.8 Å². The number of hydrogen-bond donors (Lipinski definition) is 4. The molecule has 1 saturated carbocycles. The molecule has 1 aliphatic carbocycles. The van der Waals surface area contributed by atoms with Crippen LogP contribution in [0.5, 0.6) is 0 Å². The topological polar surface area (TPSA) is 146 Å². The maximum Gasteiger partial charge on any atom is 0.289 e. The van der Waals surface area contributed by atoms with Gasteiger partial charge in [0.2, 0.25) is 17.6 Å². The molecule has 1 aromatic heterocycles. The summed E-state index contributed by atoms with van der Waals surface area (Å²) in [6.45, 7) is 6.46. The summed E-state index contributed by atoms with van der Waals surface area (Å²) < 4.78 is 11.2. The summed E-state index contributed by atoms with van der Waals surface area (Å²) in [5, 5.41) is 10.4. The smallest absolute Gasteiger partial charge is 0.289 e. The maximum atomic E-state index is 12.9. The van der Waals surface area contributed by atoms with Crippen molar-refractivity contribution in [2.75, 3.05) is 11.9 Å². The highest BCUT2D eigenvalue weighted by Gasteiger charge is 2.36. The van der Waals surface area contributed by atoms with Crippen molar-refractivity contribution < 1.29 is 28.4 Å². The SMILES string of the molecule is C=C(F)CC.CC(=O)Nc1ncc(Cl)cc1C(=O)NC(CC1CCNC1=O)C(=O)C(=O)NC1CC1. The monoisotopic (exact) mass is 509 g/mol. The van der Waals surface area contributed by atoms with Crippen LogP contribution < -0.4 is 21.3 Å². The predicted molar refractivity (Wildman–Crippen MR) is 127 cm³/mol. The number of amides is 4. The average Bonchev–Trinajstić information content (AvgIpc) is 3.53. The second kappa shape index (κ2) is 12.9.